The summed E-state index contributed by atoms with van der Waals surface area (Å²) >= 11 is 2.38. The Balaban J connectivity index is 1.33. The van der Waals surface area contributed by atoms with Gasteiger partial charge in [0, 0.05) is 89.0 Å². The van der Waals surface area contributed by atoms with E-state index in [0.29, 0.717) is 0 Å². The van der Waals surface area contributed by atoms with Crippen molar-refractivity contribution in [2.75, 3.05) is 0 Å². The van der Waals surface area contributed by atoms with Crippen molar-refractivity contribution < 1.29 is 0 Å². The molecule has 0 unspecified atom stereocenters. The first-order valence-corrected chi connectivity index (χ1v) is 22.6. The van der Waals surface area contributed by atoms with Crippen LogP contribution < -0.4 is 16.0 Å². The Morgan fingerprint density at radius 3 is 2.21 bits per heavy atom. The van der Waals surface area contributed by atoms with Crippen molar-refractivity contribution in [3.05, 3.63) is 150 Å². The number of aromatic nitrogens is 2. The molecule has 2 aromatic heterocycles. The van der Waals surface area contributed by atoms with Crippen molar-refractivity contribution in [3.8, 4) is 33.7 Å². The predicted octanol–water partition coefficient (Wildman–Crippen LogP) is 9.94. The number of H-pyrrole nitrogens is 2. The topological polar surface area (TPSA) is 56.0 Å². The molecule has 3 aliphatic heterocycles. The van der Waals surface area contributed by atoms with Crippen LogP contribution in [0, 0.1) is 27.4 Å². The lowest BCUT2D eigenvalue weighted by Crippen LogP contribution is -2.23. The van der Waals surface area contributed by atoms with E-state index in [4.69, 9.17) is 4.99 Å². The van der Waals surface area contributed by atoms with Crippen LogP contribution in [-0.4, -0.2) is 23.8 Å². The van der Waals surface area contributed by atoms with Gasteiger partial charge in [-0.25, -0.2) is 0 Å². The van der Waals surface area contributed by atoms with Gasteiger partial charge in [0.15, 0.2) is 0 Å². The molecule has 3 N–H and O–H groups in total. The normalized spacial score (nSPS) is 16.2. The smallest absolute Gasteiger partial charge is 0.129 e. The summed E-state index contributed by atoms with van der Waals surface area (Å²) in [5.74, 6) is 3.41. The van der Waals surface area contributed by atoms with Crippen LogP contribution in [0.25, 0.3) is 46.1 Å². The number of hydrogen-bond donors (Lipinski definition) is 3. The predicted molar refractivity (Wildman–Crippen MR) is 230 cm³/mol. The Morgan fingerprint density at radius 1 is 0.788 bits per heavy atom. The van der Waals surface area contributed by atoms with Crippen LogP contribution in [0.15, 0.2) is 113 Å². The molecule has 6 heteroatoms. The van der Waals surface area contributed by atoms with Gasteiger partial charge >= 0.3 is 0 Å². The number of halogens is 1. The highest BCUT2D eigenvalue weighted by atomic mass is 127. The zero-order valence-corrected chi connectivity index (χ0v) is 33.8. The minimum absolute atomic E-state index is 0.131. The summed E-state index contributed by atoms with van der Waals surface area (Å²) in [5.41, 5.74) is 19.2. The number of aryl methyl sites for hydroxylation is 1. The van der Waals surface area contributed by atoms with E-state index in [9.17, 15) is 0 Å². The SMILES string of the molecule is Cc1ccc(C2=c3cc(-c4ccc(I)cc4)c([nH]3)=CC3=NC(=Cc4cc(-c5ccc(C#C[Si](C)(C)C)cc5)c([nH]4)C=C4CC=C2N4)CC3(C)C)cc1. The fraction of sp³-hybridized carbons (Fsp3) is 0.196. The Morgan fingerprint density at radius 2 is 1.48 bits per heavy atom. The van der Waals surface area contributed by atoms with E-state index in [2.05, 4.69) is 199 Å². The highest BCUT2D eigenvalue weighted by Gasteiger charge is 2.31. The molecule has 0 atom stereocenters. The molecule has 0 amide bonds. The molecule has 0 radical (unpaired) electrons. The first-order chi connectivity index (χ1) is 24.9. The number of aromatic amines is 2. The average Bonchev–Trinajstić information content (AvgIpc) is 3.88. The second-order valence-corrected chi connectivity index (χ2v) is 21.8. The fourth-order valence-electron chi connectivity index (χ4n) is 7.12. The van der Waals surface area contributed by atoms with Gasteiger partial charge in [-0.15, -0.1) is 5.54 Å². The molecule has 0 aliphatic carbocycles. The monoisotopic (exact) mass is 806 g/mol. The van der Waals surface area contributed by atoms with Gasteiger partial charge in [-0.05, 0) is 101 Å². The molecule has 8 bridgehead atoms. The summed E-state index contributed by atoms with van der Waals surface area (Å²) in [6.07, 6.45) is 10.8. The van der Waals surface area contributed by atoms with E-state index < -0.39 is 8.07 Å². The summed E-state index contributed by atoms with van der Waals surface area (Å²) in [6, 6.07) is 30.9. The molecular formula is C46H43IN4Si. The van der Waals surface area contributed by atoms with Crippen molar-refractivity contribution >= 4 is 60.2 Å². The molecule has 5 heterocycles. The second-order valence-electron chi connectivity index (χ2n) is 15.8. The van der Waals surface area contributed by atoms with Crippen LogP contribution in [0.5, 0.6) is 0 Å². The third-order valence-electron chi connectivity index (χ3n) is 9.85. The Labute approximate surface area is 321 Å². The van der Waals surface area contributed by atoms with Gasteiger partial charge in [0.1, 0.15) is 8.07 Å². The number of fused-ring (bicyclic) bond motifs is 7. The van der Waals surface area contributed by atoms with E-state index >= 15 is 0 Å². The van der Waals surface area contributed by atoms with Crippen molar-refractivity contribution in [1.29, 1.82) is 0 Å². The largest absolute Gasteiger partial charge is 0.358 e. The van der Waals surface area contributed by atoms with Crippen LogP contribution in [-0.2, 0) is 0 Å². The molecule has 52 heavy (non-hydrogen) atoms. The van der Waals surface area contributed by atoms with Gasteiger partial charge in [-0.2, -0.15) is 0 Å². The maximum Gasteiger partial charge on any atom is 0.129 e. The van der Waals surface area contributed by atoms with Gasteiger partial charge in [0.25, 0.3) is 0 Å². The highest BCUT2D eigenvalue weighted by Crippen LogP contribution is 2.38. The Bertz CT molecular complexity index is 2540. The number of nitrogens with one attached hydrogen (secondary N) is 3. The first-order valence-electron chi connectivity index (χ1n) is 18.0. The standard InChI is InChI=1S/C46H43IN4Si/c1-29-7-11-33(12-8-29)45-40-20-19-35(48-40)25-41-38(31-13-9-30(10-14-31)21-22-52(4,5)6)24-36(49-41)23-37-28-46(2,3)44(50-37)27-42-39(26-43(45)51-42)32-15-17-34(47)18-16-32/h7-18,20,23-27,48-49,51H,19,28H2,1-6H3. The lowest BCUT2D eigenvalue weighted by Gasteiger charge is -2.17. The third kappa shape index (κ3) is 7.13. The molecule has 0 fully saturated rings. The third-order valence-corrected chi connectivity index (χ3v) is 11.4. The Kier molecular flexibility index (Phi) is 8.75. The van der Waals surface area contributed by atoms with Crippen molar-refractivity contribution in [1.82, 2.24) is 15.3 Å². The first kappa shape index (κ1) is 34.3. The molecule has 4 nitrogen and oxygen atoms in total. The van der Waals surface area contributed by atoms with E-state index in [1.165, 1.54) is 20.3 Å². The quantitative estimate of drug-likeness (QED) is 0.0950. The van der Waals surface area contributed by atoms with E-state index in [-0.39, 0.29) is 5.41 Å². The Hall–Kier alpha value is -4.84. The molecule has 3 aliphatic rings. The summed E-state index contributed by atoms with van der Waals surface area (Å²) in [4.78, 5) is 12.9. The number of rotatable bonds is 3. The van der Waals surface area contributed by atoms with Crippen molar-refractivity contribution in [3.63, 3.8) is 0 Å². The molecule has 0 spiro atoms. The average molecular weight is 807 g/mol. The van der Waals surface area contributed by atoms with E-state index in [0.717, 1.165) is 85.6 Å². The van der Waals surface area contributed by atoms with Crippen LogP contribution in [0.4, 0.5) is 0 Å². The molecule has 5 aromatic rings. The molecule has 8 rings (SSSR count). The minimum atomic E-state index is -1.46. The van der Waals surface area contributed by atoms with Gasteiger partial charge in [0.2, 0.25) is 0 Å². The zero-order valence-electron chi connectivity index (χ0n) is 30.6. The summed E-state index contributed by atoms with van der Waals surface area (Å²) < 4.78 is 1.22. The molecule has 0 saturated carbocycles. The van der Waals surface area contributed by atoms with Gasteiger partial charge in [-0.3, -0.25) is 4.99 Å². The summed E-state index contributed by atoms with van der Waals surface area (Å²) in [5, 5.41) is 5.98. The number of benzene rings is 3. The number of hydrogen-bond acceptors (Lipinski definition) is 2. The number of aliphatic imine (C=N–C) groups is 1. The summed E-state index contributed by atoms with van der Waals surface area (Å²) in [7, 11) is -1.46. The summed E-state index contributed by atoms with van der Waals surface area (Å²) in [6.45, 7) is 13.6. The zero-order chi connectivity index (χ0) is 36.2. The van der Waals surface area contributed by atoms with Crippen LogP contribution in [0.2, 0.25) is 19.6 Å². The van der Waals surface area contributed by atoms with Crippen molar-refractivity contribution in [2.45, 2.75) is 53.3 Å². The van der Waals surface area contributed by atoms with Gasteiger partial charge < -0.3 is 15.3 Å². The fourth-order valence-corrected chi connectivity index (χ4v) is 7.99. The van der Waals surface area contributed by atoms with Gasteiger partial charge in [-0.1, -0.05) is 99.6 Å². The number of allylic oxidation sites excluding steroid dienone is 3. The highest BCUT2D eigenvalue weighted by molar-refractivity contribution is 14.1. The van der Waals surface area contributed by atoms with E-state index in [1.807, 2.05) is 0 Å². The van der Waals surface area contributed by atoms with Gasteiger partial charge in [0.05, 0.1) is 0 Å². The van der Waals surface area contributed by atoms with E-state index in [1.54, 1.807) is 0 Å². The van der Waals surface area contributed by atoms with Crippen LogP contribution in [0.1, 0.15) is 54.8 Å². The number of nitrogens with zero attached hydrogens (tertiary/aromatic N) is 1. The molecule has 258 valence electrons. The maximum absolute atomic E-state index is 5.29. The molecule has 3 aromatic carbocycles. The van der Waals surface area contributed by atoms with Crippen LogP contribution in [0.3, 0.4) is 0 Å². The molecule has 0 saturated heterocycles. The van der Waals surface area contributed by atoms with Crippen molar-refractivity contribution in [2.24, 2.45) is 10.4 Å². The molecular weight excluding hydrogens is 764 g/mol. The maximum atomic E-state index is 5.29. The second kappa shape index (κ2) is 13.3. The lowest BCUT2D eigenvalue weighted by atomic mass is 9.85. The minimum Gasteiger partial charge on any atom is -0.358 e. The lowest BCUT2D eigenvalue weighted by molar-refractivity contribution is 0.547. The van der Waals surface area contributed by atoms with Crippen LogP contribution >= 0.6 is 22.6 Å².